The maximum atomic E-state index is 9.02. The zero-order valence-electron chi connectivity index (χ0n) is 5.82. The topological polar surface area (TPSA) is 66.5 Å². The zero-order valence-corrected chi connectivity index (χ0v) is 6.64. The quantitative estimate of drug-likeness (QED) is 0.439. The smallest absolute Gasteiger partial charge is 0.121 e. The molecule has 0 atom stereocenters. The van der Waals surface area contributed by atoms with E-state index in [2.05, 4.69) is 0 Å². The first-order chi connectivity index (χ1) is 4.74. The van der Waals surface area contributed by atoms with E-state index in [1.807, 2.05) is 0 Å². The van der Waals surface area contributed by atoms with Crippen LogP contribution < -0.4 is 5.73 Å². The monoisotopic (exact) mass is 175 g/mol. The second-order valence-corrected chi connectivity index (χ2v) is 2.05. The number of aromatic hydroxyl groups is 1. The van der Waals surface area contributed by atoms with E-state index in [4.69, 9.17) is 15.9 Å². The van der Waals surface area contributed by atoms with Gasteiger partial charge in [-0.2, -0.15) is 0 Å². The van der Waals surface area contributed by atoms with Crippen molar-refractivity contribution in [2.24, 2.45) is 0 Å². The largest absolute Gasteiger partial charge is 0.508 e. The zero-order chi connectivity index (χ0) is 7.56. The van der Waals surface area contributed by atoms with E-state index in [9.17, 15) is 0 Å². The molecule has 11 heavy (non-hydrogen) atoms. The Bertz CT molecular complexity index is 240. The summed E-state index contributed by atoms with van der Waals surface area (Å²) in [5, 5.41) is 17.6. The number of nitrogen functional groups attached to an aromatic ring is 1. The van der Waals surface area contributed by atoms with Gasteiger partial charge in [0.25, 0.3) is 0 Å². The van der Waals surface area contributed by atoms with Gasteiger partial charge in [0.1, 0.15) is 5.75 Å². The van der Waals surface area contributed by atoms with Crippen molar-refractivity contribution < 1.29 is 10.2 Å². The van der Waals surface area contributed by atoms with Crippen molar-refractivity contribution in [2.45, 2.75) is 6.61 Å². The number of benzene rings is 1. The lowest BCUT2D eigenvalue weighted by Gasteiger charge is -2.00. The van der Waals surface area contributed by atoms with Gasteiger partial charge in [-0.1, -0.05) is 0 Å². The van der Waals surface area contributed by atoms with Crippen LogP contribution in [0.1, 0.15) is 5.56 Å². The molecule has 0 spiro atoms. The molecule has 4 N–H and O–H groups in total. The minimum Gasteiger partial charge on any atom is -0.508 e. The molecule has 0 saturated heterocycles. The summed E-state index contributed by atoms with van der Waals surface area (Å²) in [4.78, 5) is 0. The Hall–Kier alpha value is -0.930. The van der Waals surface area contributed by atoms with Crippen molar-refractivity contribution in [1.82, 2.24) is 0 Å². The van der Waals surface area contributed by atoms with Crippen LogP contribution in [0, 0.1) is 0 Å². The maximum absolute atomic E-state index is 9.02. The van der Waals surface area contributed by atoms with Gasteiger partial charge in [0, 0.05) is 11.3 Å². The summed E-state index contributed by atoms with van der Waals surface area (Å²) in [5.41, 5.74) is 6.38. The summed E-state index contributed by atoms with van der Waals surface area (Å²) in [5.74, 6) is 0.0803. The summed E-state index contributed by atoms with van der Waals surface area (Å²) in [6.45, 7) is -0.184. The molecule has 1 aromatic carbocycles. The van der Waals surface area contributed by atoms with Crippen LogP contribution in [0.5, 0.6) is 5.75 Å². The van der Waals surface area contributed by atoms with Crippen LogP contribution in [-0.4, -0.2) is 10.2 Å². The molecular weight excluding hydrogens is 166 g/mol. The fourth-order valence-electron chi connectivity index (χ4n) is 0.732. The van der Waals surface area contributed by atoms with Gasteiger partial charge in [-0.15, -0.1) is 12.4 Å². The van der Waals surface area contributed by atoms with Gasteiger partial charge in [-0.05, 0) is 18.2 Å². The molecule has 1 aromatic rings. The molecule has 0 radical (unpaired) electrons. The molecule has 0 aliphatic rings. The molecule has 0 unspecified atom stereocenters. The van der Waals surface area contributed by atoms with Crippen LogP contribution in [0.25, 0.3) is 0 Å². The number of hydrogen-bond donors (Lipinski definition) is 3. The maximum Gasteiger partial charge on any atom is 0.121 e. The van der Waals surface area contributed by atoms with Gasteiger partial charge >= 0.3 is 0 Å². The molecule has 0 aromatic heterocycles. The van der Waals surface area contributed by atoms with Crippen molar-refractivity contribution in [3.8, 4) is 5.75 Å². The van der Waals surface area contributed by atoms with Crippen LogP contribution in [-0.2, 0) is 6.61 Å². The summed E-state index contributed by atoms with van der Waals surface area (Å²) in [6, 6.07) is 4.57. The fraction of sp³-hybridized carbons (Fsp3) is 0.143. The molecule has 0 aliphatic heterocycles. The van der Waals surface area contributed by atoms with Crippen LogP contribution >= 0.6 is 12.4 Å². The minimum atomic E-state index is -0.184. The SMILES string of the molecule is Cl.Nc1ccc(O)c(CO)c1. The summed E-state index contributed by atoms with van der Waals surface area (Å²) in [6.07, 6.45) is 0. The molecule has 0 saturated carbocycles. The minimum absolute atomic E-state index is 0. The molecule has 0 amide bonds. The number of nitrogens with two attached hydrogens (primary N) is 1. The van der Waals surface area contributed by atoms with E-state index < -0.39 is 0 Å². The third kappa shape index (κ3) is 2.29. The molecule has 3 nitrogen and oxygen atoms in total. The van der Waals surface area contributed by atoms with Crippen molar-refractivity contribution in [1.29, 1.82) is 0 Å². The lowest BCUT2D eigenvalue weighted by atomic mass is 10.2. The first-order valence-electron chi connectivity index (χ1n) is 2.92. The third-order valence-corrected chi connectivity index (χ3v) is 1.27. The van der Waals surface area contributed by atoms with Crippen molar-refractivity contribution in [2.75, 3.05) is 5.73 Å². The molecular formula is C7H10ClNO2. The Balaban J connectivity index is 0.000001000. The Morgan fingerprint density at radius 2 is 2.00 bits per heavy atom. The Labute approximate surface area is 70.9 Å². The number of aliphatic hydroxyl groups excluding tert-OH is 1. The van der Waals surface area contributed by atoms with E-state index in [-0.39, 0.29) is 24.8 Å². The van der Waals surface area contributed by atoms with Gasteiger partial charge in [0.05, 0.1) is 6.61 Å². The molecule has 0 fully saturated rings. The predicted octanol–water partition coefficient (Wildman–Crippen LogP) is 0.889. The average molecular weight is 176 g/mol. The second-order valence-electron chi connectivity index (χ2n) is 2.05. The van der Waals surface area contributed by atoms with E-state index in [1.54, 1.807) is 6.07 Å². The molecule has 0 heterocycles. The summed E-state index contributed by atoms with van der Waals surface area (Å²) in [7, 11) is 0. The Morgan fingerprint density at radius 1 is 1.36 bits per heavy atom. The molecule has 62 valence electrons. The number of hydrogen-bond acceptors (Lipinski definition) is 3. The van der Waals surface area contributed by atoms with Gasteiger partial charge in [0.15, 0.2) is 0 Å². The first-order valence-corrected chi connectivity index (χ1v) is 2.92. The average Bonchev–Trinajstić information content (AvgIpc) is 1.94. The van der Waals surface area contributed by atoms with E-state index in [0.717, 1.165) is 0 Å². The highest BCUT2D eigenvalue weighted by molar-refractivity contribution is 5.85. The number of rotatable bonds is 1. The van der Waals surface area contributed by atoms with Crippen LogP contribution in [0.4, 0.5) is 5.69 Å². The van der Waals surface area contributed by atoms with Crippen LogP contribution in [0.2, 0.25) is 0 Å². The lowest BCUT2D eigenvalue weighted by molar-refractivity contribution is 0.275. The van der Waals surface area contributed by atoms with E-state index >= 15 is 0 Å². The van der Waals surface area contributed by atoms with Crippen LogP contribution in [0.15, 0.2) is 18.2 Å². The Kier molecular flexibility index (Phi) is 3.71. The van der Waals surface area contributed by atoms with Gasteiger partial charge < -0.3 is 15.9 Å². The normalized spacial score (nSPS) is 8.82. The third-order valence-electron chi connectivity index (χ3n) is 1.27. The van der Waals surface area contributed by atoms with E-state index in [1.165, 1.54) is 12.1 Å². The molecule has 0 bridgehead atoms. The Morgan fingerprint density at radius 3 is 2.45 bits per heavy atom. The predicted molar refractivity (Wildman–Crippen MR) is 45.7 cm³/mol. The van der Waals surface area contributed by atoms with E-state index in [0.29, 0.717) is 11.3 Å². The highest BCUT2D eigenvalue weighted by Crippen LogP contribution is 2.18. The number of anilines is 1. The van der Waals surface area contributed by atoms with Gasteiger partial charge in [-0.3, -0.25) is 0 Å². The summed E-state index contributed by atoms with van der Waals surface area (Å²) < 4.78 is 0. The number of aliphatic hydroxyl groups is 1. The van der Waals surface area contributed by atoms with Gasteiger partial charge in [0.2, 0.25) is 0 Å². The molecule has 4 heteroatoms. The van der Waals surface area contributed by atoms with Crippen molar-refractivity contribution in [3.63, 3.8) is 0 Å². The van der Waals surface area contributed by atoms with Gasteiger partial charge in [-0.25, -0.2) is 0 Å². The second kappa shape index (κ2) is 4.05. The van der Waals surface area contributed by atoms with Crippen LogP contribution in [0.3, 0.4) is 0 Å². The first kappa shape index (κ1) is 10.1. The summed E-state index contributed by atoms with van der Waals surface area (Å²) >= 11 is 0. The highest BCUT2D eigenvalue weighted by atomic mass is 35.5. The number of phenols is 1. The molecule has 0 aliphatic carbocycles. The highest BCUT2D eigenvalue weighted by Gasteiger charge is 1.97. The van der Waals surface area contributed by atoms with Crippen molar-refractivity contribution >= 4 is 18.1 Å². The fourth-order valence-corrected chi connectivity index (χ4v) is 0.732. The van der Waals surface area contributed by atoms with Crippen molar-refractivity contribution in [3.05, 3.63) is 23.8 Å². The number of halogens is 1. The lowest BCUT2D eigenvalue weighted by Crippen LogP contribution is -1.88. The molecule has 1 rings (SSSR count). The standard InChI is InChI=1S/C7H9NO2.ClH/c8-6-1-2-7(10)5(3-6)4-9;/h1-3,9-10H,4,8H2;1H.